The van der Waals surface area contributed by atoms with Gasteiger partial charge in [-0.2, -0.15) is 0 Å². The summed E-state index contributed by atoms with van der Waals surface area (Å²) < 4.78 is 15.9. The molecule has 0 N–H and O–H groups in total. The van der Waals surface area contributed by atoms with Crippen molar-refractivity contribution in [3.8, 4) is 0 Å². The summed E-state index contributed by atoms with van der Waals surface area (Å²) in [6.45, 7) is 14.2. The Morgan fingerprint density at radius 2 is 1.74 bits per heavy atom. The van der Waals surface area contributed by atoms with Crippen molar-refractivity contribution in [3.05, 3.63) is 36.5 Å². The van der Waals surface area contributed by atoms with Gasteiger partial charge in [-0.25, -0.2) is 4.79 Å². The van der Waals surface area contributed by atoms with Gasteiger partial charge in [-0.05, 0) is 20.8 Å². The standard InChI is InChI=1S/C15H24O4/c1-6-8-17-10-14(19-15(16)13(4)5)11-18-9-7-12(2)3/h6-7,14H,1,4,8-11H2,2-3,5H3. The third kappa shape index (κ3) is 10.2. The molecule has 0 rings (SSSR count). The van der Waals surface area contributed by atoms with Crippen LogP contribution in [0.5, 0.6) is 0 Å². The van der Waals surface area contributed by atoms with Gasteiger partial charge in [0.25, 0.3) is 0 Å². The molecule has 0 fully saturated rings. The van der Waals surface area contributed by atoms with Gasteiger partial charge in [-0.15, -0.1) is 6.58 Å². The van der Waals surface area contributed by atoms with Crippen molar-refractivity contribution in [3.63, 3.8) is 0 Å². The number of rotatable bonds is 10. The molecule has 0 saturated heterocycles. The molecule has 0 spiro atoms. The van der Waals surface area contributed by atoms with Crippen molar-refractivity contribution in [2.75, 3.05) is 26.4 Å². The molecule has 0 bridgehead atoms. The molecular formula is C15H24O4. The van der Waals surface area contributed by atoms with Crippen molar-refractivity contribution >= 4 is 5.97 Å². The average molecular weight is 268 g/mol. The summed E-state index contributed by atoms with van der Waals surface area (Å²) in [5, 5.41) is 0. The van der Waals surface area contributed by atoms with Crippen LogP contribution < -0.4 is 0 Å². The Kier molecular flexibility index (Phi) is 9.75. The normalized spacial score (nSPS) is 11.5. The number of carbonyl (C=O) groups is 1. The van der Waals surface area contributed by atoms with Crippen LogP contribution in [0.4, 0.5) is 0 Å². The maximum atomic E-state index is 11.5. The zero-order valence-corrected chi connectivity index (χ0v) is 12.1. The van der Waals surface area contributed by atoms with Gasteiger partial charge in [-0.1, -0.05) is 24.3 Å². The van der Waals surface area contributed by atoms with Crippen LogP contribution in [-0.4, -0.2) is 38.5 Å². The predicted octanol–water partition coefficient (Wildman–Crippen LogP) is 2.66. The molecule has 0 heterocycles. The molecule has 108 valence electrons. The summed E-state index contributed by atoms with van der Waals surface area (Å²) in [4.78, 5) is 11.5. The van der Waals surface area contributed by atoms with Crippen LogP contribution in [-0.2, 0) is 19.0 Å². The van der Waals surface area contributed by atoms with Crippen molar-refractivity contribution in [2.45, 2.75) is 26.9 Å². The van der Waals surface area contributed by atoms with Crippen molar-refractivity contribution in [2.24, 2.45) is 0 Å². The van der Waals surface area contributed by atoms with Crippen LogP contribution in [0, 0.1) is 0 Å². The van der Waals surface area contributed by atoms with Crippen LogP contribution >= 0.6 is 0 Å². The number of hydrogen-bond donors (Lipinski definition) is 0. The van der Waals surface area contributed by atoms with E-state index in [1.54, 1.807) is 13.0 Å². The fraction of sp³-hybridized carbons (Fsp3) is 0.533. The minimum Gasteiger partial charge on any atom is -0.454 e. The third-order valence-electron chi connectivity index (χ3n) is 2.07. The molecule has 0 aliphatic heterocycles. The van der Waals surface area contributed by atoms with E-state index < -0.39 is 12.1 Å². The maximum absolute atomic E-state index is 11.5. The second kappa shape index (κ2) is 10.5. The number of carbonyl (C=O) groups excluding carboxylic acids is 1. The Morgan fingerprint density at radius 1 is 1.16 bits per heavy atom. The highest BCUT2D eigenvalue weighted by Crippen LogP contribution is 2.02. The summed E-state index contributed by atoms with van der Waals surface area (Å²) >= 11 is 0. The SMILES string of the molecule is C=CCOCC(COCC=C(C)C)OC(=O)C(=C)C. The van der Waals surface area contributed by atoms with Crippen LogP contribution in [0.3, 0.4) is 0 Å². The second-order valence-corrected chi connectivity index (χ2v) is 4.45. The molecular weight excluding hydrogens is 244 g/mol. The second-order valence-electron chi connectivity index (χ2n) is 4.45. The Hall–Kier alpha value is -1.39. The molecule has 1 atom stereocenters. The summed E-state index contributed by atoms with van der Waals surface area (Å²) in [5.41, 5.74) is 1.54. The number of allylic oxidation sites excluding steroid dienone is 1. The molecule has 4 heteroatoms. The zero-order chi connectivity index (χ0) is 14.7. The van der Waals surface area contributed by atoms with E-state index in [-0.39, 0.29) is 6.61 Å². The maximum Gasteiger partial charge on any atom is 0.333 e. The minimum absolute atomic E-state index is 0.278. The van der Waals surface area contributed by atoms with E-state index in [2.05, 4.69) is 13.2 Å². The van der Waals surface area contributed by atoms with E-state index in [9.17, 15) is 4.79 Å². The first kappa shape index (κ1) is 17.6. The van der Waals surface area contributed by atoms with E-state index in [1.807, 2.05) is 19.9 Å². The Morgan fingerprint density at radius 3 is 2.21 bits per heavy atom. The van der Waals surface area contributed by atoms with Gasteiger partial charge in [0.05, 0.1) is 26.4 Å². The lowest BCUT2D eigenvalue weighted by Gasteiger charge is -2.17. The van der Waals surface area contributed by atoms with E-state index in [0.29, 0.717) is 25.4 Å². The molecule has 0 radical (unpaired) electrons. The smallest absolute Gasteiger partial charge is 0.333 e. The van der Waals surface area contributed by atoms with Crippen LogP contribution in [0.2, 0.25) is 0 Å². The molecule has 4 nitrogen and oxygen atoms in total. The van der Waals surface area contributed by atoms with Crippen LogP contribution in [0.25, 0.3) is 0 Å². The van der Waals surface area contributed by atoms with E-state index >= 15 is 0 Å². The molecule has 0 saturated carbocycles. The van der Waals surface area contributed by atoms with Crippen molar-refractivity contribution < 1.29 is 19.0 Å². The first-order valence-corrected chi connectivity index (χ1v) is 6.23. The largest absolute Gasteiger partial charge is 0.454 e. The molecule has 19 heavy (non-hydrogen) atoms. The van der Waals surface area contributed by atoms with E-state index in [0.717, 1.165) is 0 Å². The first-order valence-electron chi connectivity index (χ1n) is 6.23. The minimum atomic E-state index is -0.435. The van der Waals surface area contributed by atoms with Crippen LogP contribution in [0.15, 0.2) is 36.5 Å². The molecule has 0 aliphatic rings. The highest BCUT2D eigenvalue weighted by atomic mass is 16.6. The van der Waals surface area contributed by atoms with E-state index in [4.69, 9.17) is 14.2 Å². The number of ether oxygens (including phenoxy) is 3. The molecule has 0 amide bonds. The van der Waals surface area contributed by atoms with Gasteiger partial charge >= 0.3 is 5.97 Å². The number of esters is 1. The van der Waals surface area contributed by atoms with E-state index in [1.165, 1.54) is 5.57 Å². The Balaban J connectivity index is 4.16. The summed E-state index contributed by atoms with van der Waals surface area (Å²) in [6, 6.07) is 0. The molecule has 0 aromatic heterocycles. The van der Waals surface area contributed by atoms with Crippen LogP contribution in [0.1, 0.15) is 20.8 Å². The molecule has 0 aromatic rings. The van der Waals surface area contributed by atoms with Gasteiger partial charge in [-0.3, -0.25) is 0 Å². The average Bonchev–Trinajstić information content (AvgIpc) is 2.33. The predicted molar refractivity (Wildman–Crippen MR) is 76.0 cm³/mol. The Labute approximate surface area is 115 Å². The fourth-order valence-corrected chi connectivity index (χ4v) is 1.08. The lowest BCUT2D eigenvalue weighted by molar-refractivity contribution is -0.150. The lowest BCUT2D eigenvalue weighted by atomic mass is 10.3. The van der Waals surface area contributed by atoms with Gasteiger partial charge in [0.15, 0.2) is 0 Å². The molecule has 1 unspecified atom stereocenters. The quantitative estimate of drug-likeness (QED) is 0.264. The monoisotopic (exact) mass is 268 g/mol. The topological polar surface area (TPSA) is 44.8 Å². The van der Waals surface area contributed by atoms with Gasteiger partial charge < -0.3 is 14.2 Å². The summed E-state index contributed by atoms with van der Waals surface area (Å²) in [7, 11) is 0. The zero-order valence-electron chi connectivity index (χ0n) is 12.1. The molecule has 0 aromatic carbocycles. The summed E-state index contributed by atoms with van der Waals surface area (Å²) in [6.07, 6.45) is 3.17. The van der Waals surface area contributed by atoms with Crippen molar-refractivity contribution in [1.29, 1.82) is 0 Å². The van der Waals surface area contributed by atoms with Gasteiger partial charge in [0, 0.05) is 5.57 Å². The molecule has 0 aliphatic carbocycles. The van der Waals surface area contributed by atoms with Gasteiger partial charge in [0.1, 0.15) is 6.10 Å². The van der Waals surface area contributed by atoms with Crippen molar-refractivity contribution in [1.82, 2.24) is 0 Å². The first-order chi connectivity index (χ1) is 8.97. The Bertz CT molecular complexity index is 327. The fourth-order valence-electron chi connectivity index (χ4n) is 1.08. The third-order valence-corrected chi connectivity index (χ3v) is 2.07. The number of hydrogen-bond acceptors (Lipinski definition) is 4. The highest BCUT2D eigenvalue weighted by molar-refractivity contribution is 5.87. The highest BCUT2D eigenvalue weighted by Gasteiger charge is 2.15. The lowest BCUT2D eigenvalue weighted by Crippen LogP contribution is -2.29. The summed E-state index contributed by atoms with van der Waals surface area (Å²) in [5.74, 6) is -0.432. The van der Waals surface area contributed by atoms with Gasteiger partial charge in [0.2, 0.25) is 0 Å².